The molecule has 0 atom stereocenters. The molecular formula is C12H13NO3S. The van der Waals surface area contributed by atoms with Crippen molar-refractivity contribution in [2.75, 3.05) is 19.8 Å². The van der Waals surface area contributed by atoms with Gasteiger partial charge in [0.1, 0.15) is 6.61 Å². The summed E-state index contributed by atoms with van der Waals surface area (Å²) in [7, 11) is 0. The van der Waals surface area contributed by atoms with Crippen molar-refractivity contribution >= 4 is 27.5 Å². The van der Waals surface area contributed by atoms with Gasteiger partial charge in [-0.1, -0.05) is 12.1 Å². The summed E-state index contributed by atoms with van der Waals surface area (Å²) < 4.78 is 11.1. The van der Waals surface area contributed by atoms with Crippen molar-refractivity contribution < 1.29 is 14.3 Å². The summed E-state index contributed by atoms with van der Waals surface area (Å²) in [5.41, 5.74) is 0.828. The highest BCUT2D eigenvalue weighted by Gasteiger charge is 2.12. The topological polar surface area (TPSA) is 48.4 Å². The normalized spacial score (nSPS) is 10.6. The summed E-state index contributed by atoms with van der Waals surface area (Å²) in [4.78, 5) is 15.9. The number of rotatable bonds is 5. The SMILES string of the molecule is CCOCCOC(=O)c1nc2ccccc2s1. The van der Waals surface area contributed by atoms with Crippen LogP contribution < -0.4 is 0 Å². The van der Waals surface area contributed by atoms with Crippen LogP contribution in [0.2, 0.25) is 0 Å². The zero-order valence-corrected chi connectivity index (χ0v) is 10.3. The molecule has 0 amide bonds. The van der Waals surface area contributed by atoms with Crippen LogP contribution in [-0.4, -0.2) is 30.8 Å². The van der Waals surface area contributed by atoms with Crippen LogP contribution in [-0.2, 0) is 9.47 Å². The minimum atomic E-state index is -0.383. The van der Waals surface area contributed by atoms with Gasteiger partial charge in [-0.25, -0.2) is 9.78 Å². The molecule has 0 saturated heterocycles. The molecule has 0 N–H and O–H groups in total. The number of hydrogen-bond donors (Lipinski definition) is 0. The Labute approximate surface area is 103 Å². The monoisotopic (exact) mass is 251 g/mol. The number of fused-ring (bicyclic) bond motifs is 1. The van der Waals surface area contributed by atoms with Gasteiger partial charge < -0.3 is 9.47 Å². The number of thiazole rings is 1. The third kappa shape index (κ3) is 3.01. The van der Waals surface area contributed by atoms with Crippen molar-refractivity contribution in [3.8, 4) is 0 Å². The Bertz CT molecular complexity index is 476. The molecule has 0 unspecified atom stereocenters. The van der Waals surface area contributed by atoms with E-state index >= 15 is 0 Å². The van der Waals surface area contributed by atoms with E-state index in [1.54, 1.807) is 0 Å². The summed E-state index contributed by atoms with van der Waals surface area (Å²) in [5, 5.41) is 0.391. The van der Waals surface area contributed by atoms with Crippen molar-refractivity contribution in [1.82, 2.24) is 4.98 Å². The molecule has 1 aromatic carbocycles. The molecule has 0 aliphatic rings. The Morgan fingerprint density at radius 3 is 2.94 bits per heavy atom. The Morgan fingerprint density at radius 1 is 1.35 bits per heavy atom. The molecule has 5 heteroatoms. The van der Waals surface area contributed by atoms with Crippen molar-refractivity contribution in [1.29, 1.82) is 0 Å². The maximum Gasteiger partial charge on any atom is 0.367 e. The van der Waals surface area contributed by atoms with Crippen LogP contribution in [0.1, 0.15) is 16.7 Å². The number of ether oxygens (including phenoxy) is 2. The van der Waals surface area contributed by atoms with E-state index in [1.165, 1.54) is 11.3 Å². The molecule has 0 spiro atoms. The standard InChI is InChI=1S/C12H13NO3S/c1-2-15-7-8-16-12(14)11-13-9-5-3-4-6-10(9)17-11/h3-6H,2,7-8H2,1H3. The Morgan fingerprint density at radius 2 is 2.18 bits per heavy atom. The second-order valence-electron chi connectivity index (χ2n) is 3.32. The van der Waals surface area contributed by atoms with E-state index in [-0.39, 0.29) is 12.6 Å². The number of nitrogens with zero attached hydrogens (tertiary/aromatic N) is 1. The minimum absolute atomic E-state index is 0.266. The van der Waals surface area contributed by atoms with Crippen LogP contribution >= 0.6 is 11.3 Å². The summed E-state index contributed by atoms with van der Waals surface area (Å²) >= 11 is 1.34. The average molecular weight is 251 g/mol. The van der Waals surface area contributed by atoms with E-state index in [2.05, 4.69) is 4.98 Å². The largest absolute Gasteiger partial charge is 0.458 e. The van der Waals surface area contributed by atoms with E-state index in [0.29, 0.717) is 18.2 Å². The smallest absolute Gasteiger partial charge is 0.367 e. The van der Waals surface area contributed by atoms with E-state index in [4.69, 9.17) is 9.47 Å². The Hall–Kier alpha value is -1.46. The molecule has 0 saturated carbocycles. The van der Waals surface area contributed by atoms with E-state index < -0.39 is 0 Å². The molecule has 1 heterocycles. The predicted octanol–water partition coefficient (Wildman–Crippen LogP) is 2.49. The molecule has 90 valence electrons. The van der Waals surface area contributed by atoms with Gasteiger partial charge in [0, 0.05) is 6.61 Å². The zero-order valence-electron chi connectivity index (χ0n) is 9.51. The molecular weight excluding hydrogens is 238 g/mol. The van der Waals surface area contributed by atoms with Crippen LogP contribution in [0.15, 0.2) is 24.3 Å². The average Bonchev–Trinajstić information content (AvgIpc) is 2.78. The minimum Gasteiger partial charge on any atom is -0.458 e. The lowest BCUT2D eigenvalue weighted by Gasteiger charge is -2.01. The molecule has 17 heavy (non-hydrogen) atoms. The number of carbonyl (C=O) groups excluding carboxylic acids is 1. The van der Waals surface area contributed by atoms with Crippen LogP contribution in [0, 0.1) is 0 Å². The van der Waals surface area contributed by atoms with E-state index in [1.807, 2.05) is 31.2 Å². The fourth-order valence-corrected chi connectivity index (χ4v) is 2.22. The quantitative estimate of drug-likeness (QED) is 0.605. The van der Waals surface area contributed by atoms with Crippen molar-refractivity contribution in [2.45, 2.75) is 6.92 Å². The summed E-state index contributed by atoms with van der Waals surface area (Å²) in [6.45, 7) is 3.21. The second kappa shape index (κ2) is 5.75. The molecule has 0 bridgehead atoms. The van der Waals surface area contributed by atoms with Crippen LogP contribution in [0.5, 0.6) is 0 Å². The number of para-hydroxylation sites is 1. The molecule has 2 rings (SSSR count). The van der Waals surface area contributed by atoms with E-state index in [0.717, 1.165) is 10.2 Å². The highest BCUT2D eigenvalue weighted by atomic mass is 32.1. The van der Waals surface area contributed by atoms with E-state index in [9.17, 15) is 4.79 Å². The first-order valence-corrected chi connectivity index (χ1v) is 6.23. The first-order valence-electron chi connectivity index (χ1n) is 5.41. The van der Waals surface area contributed by atoms with Gasteiger partial charge in [0.15, 0.2) is 0 Å². The lowest BCUT2D eigenvalue weighted by molar-refractivity contribution is 0.0335. The lowest BCUT2D eigenvalue weighted by atomic mass is 10.3. The number of benzene rings is 1. The maximum absolute atomic E-state index is 11.6. The summed E-state index contributed by atoms with van der Waals surface area (Å²) in [6, 6.07) is 7.63. The highest BCUT2D eigenvalue weighted by molar-refractivity contribution is 7.20. The summed E-state index contributed by atoms with van der Waals surface area (Å²) in [6.07, 6.45) is 0. The van der Waals surface area contributed by atoms with Gasteiger partial charge in [0.25, 0.3) is 0 Å². The van der Waals surface area contributed by atoms with Gasteiger partial charge in [0.05, 0.1) is 16.8 Å². The Kier molecular flexibility index (Phi) is 4.06. The van der Waals surface area contributed by atoms with Gasteiger partial charge >= 0.3 is 5.97 Å². The van der Waals surface area contributed by atoms with Gasteiger partial charge in [0.2, 0.25) is 5.01 Å². The fourth-order valence-electron chi connectivity index (χ4n) is 1.36. The molecule has 2 aromatic rings. The van der Waals surface area contributed by atoms with Crippen molar-refractivity contribution in [2.24, 2.45) is 0 Å². The number of carbonyl (C=O) groups is 1. The lowest BCUT2D eigenvalue weighted by Crippen LogP contribution is -2.10. The van der Waals surface area contributed by atoms with Crippen molar-refractivity contribution in [3.05, 3.63) is 29.3 Å². The third-order valence-corrected chi connectivity index (χ3v) is 3.15. The predicted molar refractivity (Wildman–Crippen MR) is 66.4 cm³/mol. The maximum atomic E-state index is 11.6. The molecule has 1 aromatic heterocycles. The van der Waals surface area contributed by atoms with Crippen LogP contribution in [0.4, 0.5) is 0 Å². The molecule has 0 radical (unpaired) electrons. The van der Waals surface area contributed by atoms with Gasteiger partial charge in [-0.3, -0.25) is 0 Å². The van der Waals surface area contributed by atoms with Crippen molar-refractivity contribution in [3.63, 3.8) is 0 Å². The third-order valence-electron chi connectivity index (χ3n) is 2.13. The van der Waals surface area contributed by atoms with Gasteiger partial charge in [-0.2, -0.15) is 0 Å². The summed E-state index contributed by atoms with van der Waals surface area (Å²) in [5.74, 6) is -0.383. The van der Waals surface area contributed by atoms with Crippen LogP contribution in [0.3, 0.4) is 0 Å². The molecule has 0 fully saturated rings. The van der Waals surface area contributed by atoms with Crippen LogP contribution in [0.25, 0.3) is 10.2 Å². The number of aromatic nitrogens is 1. The molecule has 0 aliphatic heterocycles. The number of esters is 1. The zero-order chi connectivity index (χ0) is 12.1. The highest BCUT2D eigenvalue weighted by Crippen LogP contribution is 2.21. The molecule has 4 nitrogen and oxygen atoms in total. The van der Waals surface area contributed by atoms with Gasteiger partial charge in [-0.15, -0.1) is 11.3 Å². The molecule has 0 aliphatic carbocycles. The number of hydrogen-bond acceptors (Lipinski definition) is 5. The first kappa shape index (κ1) is 12.0. The van der Waals surface area contributed by atoms with Gasteiger partial charge in [-0.05, 0) is 19.1 Å². The fraction of sp³-hybridized carbons (Fsp3) is 0.333. The first-order chi connectivity index (χ1) is 8.31. The second-order valence-corrected chi connectivity index (χ2v) is 4.35. The Balaban J connectivity index is 1.99.